The van der Waals surface area contributed by atoms with Gasteiger partial charge in [0.05, 0.1) is 6.04 Å². The molecule has 0 saturated carbocycles. The molecular formula is C25H40N8O7. The molecule has 4 atom stereocenters. The van der Waals surface area contributed by atoms with Crippen LogP contribution in [0.4, 0.5) is 0 Å². The Bertz CT molecular complexity index is 1060. The van der Waals surface area contributed by atoms with E-state index < -0.39 is 59.7 Å². The van der Waals surface area contributed by atoms with Crippen molar-refractivity contribution in [2.45, 2.75) is 70.1 Å². The van der Waals surface area contributed by atoms with Crippen molar-refractivity contribution in [2.24, 2.45) is 33.8 Å². The Morgan fingerprint density at radius 1 is 0.875 bits per heavy atom. The van der Waals surface area contributed by atoms with Crippen molar-refractivity contribution >= 4 is 35.6 Å². The zero-order valence-corrected chi connectivity index (χ0v) is 22.6. The maximum atomic E-state index is 13.1. The van der Waals surface area contributed by atoms with Gasteiger partial charge in [-0.15, -0.1) is 0 Å². The van der Waals surface area contributed by atoms with Gasteiger partial charge in [0.1, 0.15) is 23.9 Å². The summed E-state index contributed by atoms with van der Waals surface area (Å²) < 4.78 is 0. The first-order valence-corrected chi connectivity index (χ1v) is 12.7. The molecule has 15 nitrogen and oxygen atoms in total. The van der Waals surface area contributed by atoms with Gasteiger partial charge in [-0.2, -0.15) is 0 Å². The molecular weight excluding hydrogens is 524 g/mol. The van der Waals surface area contributed by atoms with Crippen LogP contribution in [0.3, 0.4) is 0 Å². The largest absolute Gasteiger partial charge is 0.508 e. The molecule has 0 fully saturated rings. The van der Waals surface area contributed by atoms with Crippen LogP contribution in [0.2, 0.25) is 0 Å². The van der Waals surface area contributed by atoms with Crippen LogP contribution in [-0.2, 0) is 30.4 Å². The number of phenolic OH excluding ortho intramolecular Hbond substituents is 1. The van der Waals surface area contributed by atoms with Crippen LogP contribution in [0.5, 0.6) is 5.75 Å². The van der Waals surface area contributed by atoms with E-state index in [-0.39, 0.29) is 43.9 Å². The number of aliphatic imine (C=N–C) groups is 1. The minimum absolute atomic E-state index is 0.00686. The second-order valence-corrected chi connectivity index (χ2v) is 9.62. The number of carbonyl (C=O) groups excluding carboxylic acids is 4. The van der Waals surface area contributed by atoms with E-state index in [4.69, 9.17) is 22.9 Å². The van der Waals surface area contributed by atoms with E-state index in [1.807, 2.05) is 0 Å². The van der Waals surface area contributed by atoms with Crippen LogP contribution in [0, 0.1) is 5.92 Å². The Kier molecular flexibility index (Phi) is 13.9. The first kappa shape index (κ1) is 33.6. The number of aromatic hydroxyl groups is 1. The topological polar surface area (TPSA) is 278 Å². The van der Waals surface area contributed by atoms with E-state index in [1.165, 1.54) is 24.3 Å². The molecule has 4 amide bonds. The first-order valence-electron chi connectivity index (χ1n) is 12.7. The Labute approximate surface area is 232 Å². The molecule has 1 rings (SSSR count). The number of guanidine groups is 1. The lowest BCUT2D eigenvalue weighted by Crippen LogP contribution is -2.58. The number of amides is 4. The maximum Gasteiger partial charge on any atom is 0.326 e. The third-order valence-electron chi connectivity index (χ3n) is 5.85. The second kappa shape index (κ2) is 16.5. The molecule has 40 heavy (non-hydrogen) atoms. The molecule has 0 saturated heterocycles. The summed E-state index contributed by atoms with van der Waals surface area (Å²) in [7, 11) is 0. The Morgan fingerprint density at radius 2 is 1.48 bits per heavy atom. The van der Waals surface area contributed by atoms with Crippen LogP contribution in [0.1, 0.15) is 45.1 Å². The van der Waals surface area contributed by atoms with Crippen LogP contribution in [0.15, 0.2) is 29.3 Å². The number of rotatable bonds is 17. The molecule has 15 heteroatoms. The normalized spacial score (nSPS) is 13.8. The van der Waals surface area contributed by atoms with Gasteiger partial charge in [0, 0.05) is 19.4 Å². The highest BCUT2D eigenvalue weighted by Crippen LogP contribution is 2.12. The zero-order chi connectivity index (χ0) is 30.4. The molecule has 0 aromatic heterocycles. The minimum Gasteiger partial charge on any atom is -0.508 e. The summed E-state index contributed by atoms with van der Waals surface area (Å²) in [6.45, 7) is 3.62. The summed E-state index contributed by atoms with van der Waals surface area (Å²) in [5.41, 5.74) is 22.2. The molecule has 0 heterocycles. The number of carboxylic acids is 1. The molecule has 13 N–H and O–H groups in total. The third-order valence-corrected chi connectivity index (χ3v) is 5.85. The van der Waals surface area contributed by atoms with Crippen molar-refractivity contribution in [3.8, 4) is 5.75 Å². The number of hydrogen-bond acceptors (Lipinski definition) is 8. The zero-order valence-electron chi connectivity index (χ0n) is 22.6. The number of phenols is 1. The molecule has 0 radical (unpaired) electrons. The molecule has 1 aromatic carbocycles. The van der Waals surface area contributed by atoms with Crippen LogP contribution in [0.25, 0.3) is 0 Å². The summed E-state index contributed by atoms with van der Waals surface area (Å²) in [4.78, 5) is 65.8. The van der Waals surface area contributed by atoms with Gasteiger partial charge in [0.2, 0.25) is 23.6 Å². The van der Waals surface area contributed by atoms with Crippen LogP contribution in [-0.4, -0.2) is 76.5 Å². The lowest BCUT2D eigenvalue weighted by Gasteiger charge is -2.27. The fraction of sp³-hybridized carbons (Fsp3) is 0.520. The number of nitrogens with zero attached hydrogens (tertiary/aromatic N) is 1. The smallest absolute Gasteiger partial charge is 0.326 e. The van der Waals surface area contributed by atoms with Crippen molar-refractivity contribution in [1.82, 2.24) is 16.0 Å². The molecule has 0 bridgehead atoms. The average molecular weight is 565 g/mol. The van der Waals surface area contributed by atoms with Crippen molar-refractivity contribution in [3.63, 3.8) is 0 Å². The van der Waals surface area contributed by atoms with E-state index in [0.29, 0.717) is 12.0 Å². The Balaban J connectivity index is 2.95. The molecule has 0 aliphatic heterocycles. The highest BCUT2D eigenvalue weighted by molar-refractivity contribution is 5.94. The number of benzene rings is 1. The van der Waals surface area contributed by atoms with Crippen molar-refractivity contribution in [2.75, 3.05) is 6.54 Å². The summed E-state index contributed by atoms with van der Waals surface area (Å²) >= 11 is 0. The molecule has 0 aliphatic carbocycles. The SMILES string of the molecule is CC(C)C(NC(=O)C(N)CCCN=C(N)N)C(=O)NC(CCC(N)=O)C(=O)NC(Cc1ccc(O)cc1)C(=O)O. The fourth-order valence-corrected chi connectivity index (χ4v) is 3.60. The third kappa shape index (κ3) is 12.4. The molecule has 0 aliphatic rings. The fourth-order valence-electron chi connectivity index (χ4n) is 3.60. The number of nitrogens with one attached hydrogen (secondary N) is 3. The second-order valence-electron chi connectivity index (χ2n) is 9.62. The summed E-state index contributed by atoms with van der Waals surface area (Å²) in [6.07, 6.45) is 0.0874. The predicted octanol–water partition coefficient (Wildman–Crippen LogP) is -2.22. The van der Waals surface area contributed by atoms with E-state index in [2.05, 4.69) is 20.9 Å². The lowest BCUT2D eigenvalue weighted by molar-refractivity contribution is -0.142. The van der Waals surface area contributed by atoms with Crippen LogP contribution >= 0.6 is 0 Å². The standard InChI is InChI=1S/C25H40N8O7/c1-13(2)20(33-21(36)16(26)4-3-11-30-25(28)29)23(38)31-17(9-10-19(27)35)22(37)32-18(24(39)40)12-14-5-7-15(34)8-6-14/h5-8,13,16-18,20,34H,3-4,9-12,26H2,1-2H3,(H2,27,35)(H,31,38)(H,32,37)(H,33,36)(H,39,40)(H4,28,29,30). The van der Waals surface area contributed by atoms with E-state index in [1.54, 1.807) is 13.8 Å². The van der Waals surface area contributed by atoms with E-state index >= 15 is 0 Å². The molecule has 1 aromatic rings. The average Bonchev–Trinajstić information content (AvgIpc) is 2.87. The van der Waals surface area contributed by atoms with Gasteiger partial charge in [-0.25, -0.2) is 4.79 Å². The highest BCUT2D eigenvalue weighted by atomic mass is 16.4. The predicted molar refractivity (Wildman–Crippen MR) is 146 cm³/mol. The lowest BCUT2D eigenvalue weighted by atomic mass is 10.0. The number of hydrogen-bond donors (Lipinski definition) is 9. The minimum atomic E-state index is -1.37. The Hall–Kier alpha value is -4.40. The van der Waals surface area contributed by atoms with Gasteiger partial charge in [0.15, 0.2) is 5.96 Å². The Morgan fingerprint density at radius 3 is 2.00 bits per heavy atom. The number of primary amides is 1. The number of aliphatic carboxylic acids is 1. The molecule has 0 spiro atoms. The first-order chi connectivity index (χ1) is 18.7. The molecule has 4 unspecified atom stereocenters. The van der Waals surface area contributed by atoms with E-state index in [9.17, 15) is 34.2 Å². The van der Waals surface area contributed by atoms with Gasteiger partial charge in [0.25, 0.3) is 0 Å². The number of nitrogens with two attached hydrogens (primary N) is 4. The van der Waals surface area contributed by atoms with Crippen molar-refractivity contribution < 1.29 is 34.2 Å². The number of carboxylic acid groups (broad SMARTS) is 1. The van der Waals surface area contributed by atoms with Crippen LogP contribution < -0.4 is 38.9 Å². The number of carbonyl (C=O) groups is 5. The van der Waals surface area contributed by atoms with Gasteiger partial charge in [-0.3, -0.25) is 24.2 Å². The quantitative estimate of drug-likeness (QED) is 0.0558. The van der Waals surface area contributed by atoms with Gasteiger partial charge in [-0.05, 0) is 42.9 Å². The summed E-state index contributed by atoms with van der Waals surface area (Å²) in [5.74, 6) is -4.76. The summed E-state index contributed by atoms with van der Waals surface area (Å²) in [5, 5.41) is 26.5. The van der Waals surface area contributed by atoms with Crippen molar-refractivity contribution in [3.05, 3.63) is 29.8 Å². The van der Waals surface area contributed by atoms with Gasteiger partial charge in [-0.1, -0.05) is 26.0 Å². The van der Waals surface area contributed by atoms with Gasteiger partial charge >= 0.3 is 5.97 Å². The monoisotopic (exact) mass is 564 g/mol. The van der Waals surface area contributed by atoms with E-state index in [0.717, 1.165) is 0 Å². The highest BCUT2D eigenvalue weighted by Gasteiger charge is 2.32. The molecule has 222 valence electrons. The summed E-state index contributed by atoms with van der Waals surface area (Å²) in [6, 6.07) is 1.03. The maximum absolute atomic E-state index is 13.1. The van der Waals surface area contributed by atoms with Gasteiger partial charge < -0.3 is 49.1 Å². The van der Waals surface area contributed by atoms with Crippen molar-refractivity contribution in [1.29, 1.82) is 0 Å².